The first kappa shape index (κ1) is 28.2. The Bertz CT molecular complexity index is 975. The summed E-state index contributed by atoms with van der Waals surface area (Å²) in [6.07, 6.45) is 15.6. The average molecular weight is 541 g/mol. The second-order valence-electron chi connectivity index (χ2n) is 13.1. The Morgan fingerprint density at radius 3 is 2.38 bits per heavy atom. The van der Waals surface area contributed by atoms with Crippen LogP contribution in [0.3, 0.4) is 0 Å². The van der Waals surface area contributed by atoms with Gasteiger partial charge in [-0.15, -0.1) is 0 Å². The minimum atomic E-state index is -0.588. The summed E-state index contributed by atoms with van der Waals surface area (Å²) in [5.41, 5.74) is 1.57. The number of allylic oxidation sites excluding steroid dienone is 2. The van der Waals surface area contributed by atoms with Crippen LogP contribution in [0.5, 0.6) is 0 Å². The fraction of sp³-hybridized carbons (Fsp3) is 0.806. The van der Waals surface area contributed by atoms with Crippen LogP contribution in [0.4, 0.5) is 0 Å². The van der Waals surface area contributed by atoms with Crippen molar-refractivity contribution >= 4 is 23.5 Å². The van der Waals surface area contributed by atoms with Gasteiger partial charge in [-0.2, -0.15) is 0 Å². The number of hydrogen-bond donors (Lipinski definition) is 3. The smallest absolute Gasteiger partial charge is 0.246 e. The molecule has 5 rings (SSSR count). The van der Waals surface area contributed by atoms with Gasteiger partial charge in [-0.1, -0.05) is 32.3 Å². The van der Waals surface area contributed by atoms with E-state index in [0.29, 0.717) is 24.8 Å². The number of carbonyl (C=O) groups is 4. The van der Waals surface area contributed by atoms with E-state index in [0.717, 1.165) is 64.3 Å². The molecular weight excluding hydrogens is 492 g/mol. The van der Waals surface area contributed by atoms with E-state index in [4.69, 9.17) is 0 Å². The summed E-state index contributed by atoms with van der Waals surface area (Å²) in [4.78, 5) is 54.9. The molecule has 216 valence electrons. The van der Waals surface area contributed by atoms with Crippen LogP contribution in [0.1, 0.15) is 104 Å². The number of hydrogen-bond acceptors (Lipinski definition) is 5. The van der Waals surface area contributed by atoms with Crippen molar-refractivity contribution in [3.05, 3.63) is 11.8 Å². The zero-order valence-corrected chi connectivity index (χ0v) is 23.9. The largest absolute Gasteiger partial charge is 0.388 e. The lowest BCUT2D eigenvalue weighted by Crippen LogP contribution is -2.58. The summed E-state index contributed by atoms with van der Waals surface area (Å²) in [6.45, 7) is 5.03. The number of nitrogens with zero attached hydrogens (tertiary/aromatic N) is 1. The van der Waals surface area contributed by atoms with Crippen molar-refractivity contribution in [1.29, 1.82) is 0 Å². The Labute approximate surface area is 233 Å². The summed E-state index contributed by atoms with van der Waals surface area (Å²) in [7, 11) is 0. The van der Waals surface area contributed by atoms with Gasteiger partial charge in [0.15, 0.2) is 5.78 Å². The maximum Gasteiger partial charge on any atom is 0.246 e. The Balaban J connectivity index is 1.23. The molecule has 3 saturated carbocycles. The molecule has 0 aromatic carbocycles. The number of nitrogens with one attached hydrogen (secondary N) is 3. The Hall–Kier alpha value is -2.38. The van der Waals surface area contributed by atoms with Crippen molar-refractivity contribution in [3.63, 3.8) is 0 Å². The van der Waals surface area contributed by atoms with Crippen LogP contribution in [0.25, 0.3) is 0 Å². The molecule has 2 aliphatic heterocycles. The van der Waals surface area contributed by atoms with Crippen molar-refractivity contribution in [3.8, 4) is 0 Å². The monoisotopic (exact) mass is 540 g/mol. The summed E-state index contributed by atoms with van der Waals surface area (Å²) >= 11 is 0. The summed E-state index contributed by atoms with van der Waals surface area (Å²) in [5.74, 6) is -0.0000685. The molecule has 3 amide bonds. The molecule has 1 spiro atoms. The van der Waals surface area contributed by atoms with Gasteiger partial charge in [0.05, 0.1) is 6.04 Å². The summed E-state index contributed by atoms with van der Waals surface area (Å²) in [5, 5.41) is 9.61. The highest BCUT2D eigenvalue weighted by Crippen LogP contribution is 2.58. The van der Waals surface area contributed by atoms with E-state index in [2.05, 4.69) is 29.0 Å². The van der Waals surface area contributed by atoms with Gasteiger partial charge in [0.25, 0.3) is 0 Å². The first-order chi connectivity index (χ1) is 18.8. The highest BCUT2D eigenvalue weighted by molar-refractivity contribution is 5.95. The van der Waals surface area contributed by atoms with Crippen LogP contribution in [-0.4, -0.2) is 59.6 Å². The standard InChI is InChI=1S/C31H48N4O4/c1-3-8-24-22(12-15-32-24)17-25(20(2)36)33-29(38)26-11-6-16-35(26)30(39)27(21-9-4-5-10-21)34-28(37)23-18-31(19-23)13-7-14-31/h8,21-23,25-27,32H,3-7,9-19H2,1-2H3,(H,33,38)(H,34,37)/b24-8-. The lowest BCUT2D eigenvalue weighted by atomic mass is 9.51. The molecule has 5 fully saturated rings. The molecule has 4 unspecified atom stereocenters. The zero-order valence-electron chi connectivity index (χ0n) is 23.9. The molecular formula is C31H48N4O4. The van der Waals surface area contributed by atoms with Crippen molar-refractivity contribution in [1.82, 2.24) is 20.9 Å². The molecule has 8 nitrogen and oxygen atoms in total. The van der Waals surface area contributed by atoms with E-state index in [1.807, 2.05) is 0 Å². The Morgan fingerprint density at radius 1 is 1.00 bits per heavy atom. The molecule has 0 radical (unpaired) electrons. The van der Waals surface area contributed by atoms with Crippen LogP contribution in [0.15, 0.2) is 11.8 Å². The van der Waals surface area contributed by atoms with E-state index in [1.165, 1.54) is 31.9 Å². The van der Waals surface area contributed by atoms with Crippen LogP contribution in [-0.2, 0) is 19.2 Å². The van der Waals surface area contributed by atoms with Crippen molar-refractivity contribution < 1.29 is 19.2 Å². The predicted octanol–water partition coefficient (Wildman–Crippen LogP) is 3.60. The molecule has 3 N–H and O–H groups in total. The predicted molar refractivity (Wildman–Crippen MR) is 149 cm³/mol. The van der Waals surface area contributed by atoms with Gasteiger partial charge < -0.3 is 20.9 Å². The summed E-state index contributed by atoms with van der Waals surface area (Å²) in [6, 6.07) is -1.71. The SMILES string of the molecule is CC/C=C1\NCCC1CC(NC(=O)C1CCCN1C(=O)C(NC(=O)C1CC2(CCC2)C1)C1CCCC1)C(C)=O. The lowest BCUT2D eigenvalue weighted by Gasteiger charge is -2.53. The number of rotatable bonds is 10. The highest BCUT2D eigenvalue weighted by Gasteiger charge is 2.51. The molecule has 8 heteroatoms. The maximum absolute atomic E-state index is 14.0. The summed E-state index contributed by atoms with van der Waals surface area (Å²) < 4.78 is 0. The van der Waals surface area contributed by atoms with Crippen LogP contribution in [0.2, 0.25) is 0 Å². The van der Waals surface area contributed by atoms with Gasteiger partial charge in [0, 0.05) is 30.6 Å². The Kier molecular flexibility index (Phi) is 8.67. The van der Waals surface area contributed by atoms with E-state index >= 15 is 0 Å². The number of carbonyl (C=O) groups excluding carboxylic acids is 4. The molecule has 2 heterocycles. The molecule has 4 atom stereocenters. The molecule has 0 aromatic heterocycles. The number of amides is 3. The molecule has 3 aliphatic carbocycles. The minimum absolute atomic E-state index is 0.0210. The van der Waals surface area contributed by atoms with Gasteiger partial charge in [-0.05, 0) is 88.9 Å². The van der Waals surface area contributed by atoms with Gasteiger partial charge >= 0.3 is 0 Å². The van der Waals surface area contributed by atoms with E-state index in [-0.39, 0.29) is 41.3 Å². The van der Waals surface area contributed by atoms with Crippen molar-refractivity contribution in [2.24, 2.45) is 23.2 Å². The zero-order chi connectivity index (χ0) is 27.6. The van der Waals surface area contributed by atoms with Crippen molar-refractivity contribution in [2.45, 2.75) is 122 Å². The Morgan fingerprint density at radius 2 is 1.74 bits per heavy atom. The maximum atomic E-state index is 14.0. The molecule has 5 aliphatic rings. The second-order valence-corrected chi connectivity index (χ2v) is 13.1. The second kappa shape index (κ2) is 12.0. The van der Waals surface area contributed by atoms with Gasteiger partial charge in [0.2, 0.25) is 17.7 Å². The third kappa shape index (κ3) is 6.04. The number of Topliss-reactive ketones (excluding diaryl/α,β-unsaturated/α-hetero) is 1. The van der Waals surface area contributed by atoms with Crippen LogP contribution >= 0.6 is 0 Å². The number of ketones is 1. The average Bonchev–Trinajstić information content (AvgIpc) is 3.62. The molecule has 0 aromatic rings. The van der Waals surface area contributed by atoms with Gasteiger partial charge in [-0.25, -0.2) is 0 Å². The lowest BCUT2D eigenvalue weighted by molar-refractivity contribution is -0.146. The first-order valence-corrected chi connectivity index (χ1v) is 15.7. The van der Waals surface area contributed by atoms with Crippen LogP contribution in [0, 0.1) is 23.2 Å². The molecule has 39 heavy (non-hydrogen) atoms. The highest BCUT2D eigenvalue weighted by atomic mass is 16.2. The fourth-order valence-corrected chi connectivity index (χ4v) is 7.95. The third-order valence-electron chi connectivity index (χ3n) is 10.4. The van der Waals surface area contributed by atoms with Crippen LogP contribution < -0.4 is 16.0 Å². The molecule has 0 bridgehead atoms. The minimum Gasteiger partial charge on any atom is -0.388 e. The topological polar surface area (TPSA) is 108 Å². The third-order valence-corrected chi connectivity index (χ3v) is 10.4. The quantitative estimate of drug-likeness (QED) is 0.393. The van der Waals surface area contributed by atoms with E-state index < -0.39 is 18.1 Å². The van der Waals surface area contributed by atoms with Crippen molar-refractivity contribution in [2.75, 3.05) is 13.1 Å². The van der Waals surface area contributed by atoms with Gasteiger partial charge in [-0.3, -0.25) is 19.2 Å². The van der Waals surface area contributed by atoms with E-state index in [1.54, 1.807) is 4.90 Å². The first-order valence-electron chi connectivity index (χ1n) is 15.7. The van der Waals surface area contributed by atoms with Gasteiger partial charge in [0.1, 0.15) is 12.1 Å². The van der Waals surface area contributed by atoms with E-state index in [9.17, 15) is 19.2 Å². The normalized spacial score (nSPS) is 29.0. The fourth-order valence-electron chi connectivity index (χ4n) is 7.95. The molecule has 2 saturated heterocycles. The number of likely N-dealkylation sites (tertiary alicyclic amines) is 1.